The normalized spacial score (nSPS) is 10.7. The molecule has 0 saturated heterocycles. The first-order valence-corrected chi connectivity index (χ1v) is 5.70. The van der Waals surface area contributed by atoms with Crippen LogP contribution >= 0.6 is 0 Å². The number of nitrogens with zero attached hydrogens (tertiary/aromatic N) is 2. The highest BCUT2D eigenvalue weighted by Crippen LogP contribution is 2.08. The summed E-state index contributed by atoms with van der Waals surface area (Å²) in [6, 6.07) is 11.2. The first kappa shape index (κ1) is 10.7. The Labute approximate surface area is 103 Å². The minimum Gasteiger partial charge on any atom is -0.310 e. The van der Waals surface area contributed by atoms with Gasteiger partial charge in [-0.25, -0.2) is 4.98 Å². The zero-order chi connectivity index (χ0) is 12.4. The Morgan fingerprint density at radius 2 is 2.00 bits per heavy atom. The van der Waals surface area contributed by atoms with E-state index in [-0.39, 0.29) is 5.56 Å². The molecule has 3 aromatic rings. The van der Waals surface area contributed by atoms with Crippen LogP contribution in [0, 0.1) is 0 Å². The molecule has 2 aromatic heterocycles. The van der Waals surface area contributed by atoms with Crippen molar-refractivity contribution in [2.75, 3.05) is 0 Å². The maximum atomic E-state index is 11.9. The molecule has 0 atom stereocenters. The van der Waals surface area contributed by atoms with E-state index in [2.05, 4.69) is 15.0 Å². The van der Waals surface area contributed by atoms with Crippen LogP contribution in [0.1, 0.15) is 11.4 Å². The van der Waals surface area contributed by atoms with Crippen LogP contribution in [-0.2, 0) is 6.42 Å². The number of fused-ring (bicyclic) bond motifs is 1. The standard InChI is InChI=1S/C14H11N3O/c18-14-11-5-1-2-6-12(11)16-13(17-14)8-10-4-3-7-15-9-10/h1-7,9H,8H2,(H,16,17,18). The molecule has 88 valence electrons. The molecule has 0 aliphatic heterocycles. The first-order chi connectivity index (χ1) is 8.83. The molecule has 0 saturated carbocycles. The fourth-order valence-electron chi connectivity index (χ4n) is 1.91. The molecular weight excluding hydrogens is 226 g/mol. The zero-order valence-corrected chi connectivity index (χ0v) is 9.63. The minimum atomic E-state index is -0.0977. The number of benzene rings is 1. The molecule has 2 heterocycles. The van der Waals surface area contributed by atoms with E-state index in [1.165, 1.54) is 0 Å². The molecular formula is C14H11N3O. The van der Waals surface area contributed by atoms with Gasteiger partial charge in [-0.2, -0.15) is 0 Å². The van der Waals surface area contributed by atoms with Crippen LogP contribution in [0.3, 0.4) is 0 Å². The Balaban J connectivity index is 2.06. The van der Waals surface area contributed by atoms with E-state index in [0.717, 1.165) is 11.1 Å². The molecule has 18 heavy (non-hydrogen) atoms. The van der Waals surface area contributed by atoms with Gasteiger partial charge in [-0.3, -0.25) is 9.78 Å². The summed E-state index contributed by atoms with van der Waals surface area (Å²) >= 11 is 0. The third-order valence-electron chi connectivity index (χ3n) is 2.76. The topological polar surface area (TPSA) is 58.6 Å². The molecule has 0 aliphatic carbocycles. The van der Waals surface area contributed by atoms with Crippen molar-refractivity contribution in [3.05, 3.63) is 70.5 Å². The van der Waals surface area contributed by atoms with Crippen molar-refractivity contribution < 1.29 is 0 Å². The summed E-state index contributed by atoms with van der Waals surface area (Å²) in [6.07, 6.45) is 4.07. The third kappa shape index (κ3) is 2.00. The van der Waals surface area contributed by atoms with Gasteiger partial charge in [0, 0.05) is 18.8 Å². The lowest BCUT2D eigenvalue weighted by atomic mass is 10.2. The smallest absolute Gasteiger partial charge is 0.258 e. The summed E-state index contributed by atoms with van der Waals surface area (Å²) in [7, 11) is 0. The van der Waals surface area contributed by atoms with E-state index in [1.54, 1.807) is 18.5 Å². The first-order valence-electron chi connectivity index (χ1n) is 5.70. The number of aromatic amines is 1. The Hall–Kier alpha value is -2.49. The van der Waals surface area contributed by atoms with Crippen LogP contribution in [0.5, 0.6) is 0 Å². The molecule has 1 N–H and O–H groups in total. The number of para-hydroxylation sites is 1. The second-order valence-corrected chi connectivity index (χ2v) is 4.07. The van der Waals surface area contributed by atoms with Crippen LogP contribution in [0.4, 0.5) is 0 Å². The van der Waals surface area contributed by atoms with E-state index in [1.807, 2.05) is 30.3 Å². The van der Waals surface area contributed by atoms with Crippen molar-refractivity contribution in [1.82, 2.24) is 15.0 Å². The lowest BCUT2D eigenvalue weighted by molar-refractivity contribution is 0.966. The van der Waals surface area contributed by atoms with E-state index in [9.17, 15) is 4.79 Å². The number of hydrogen-bond acceptors (Lipinski definition) is 3. The molecule has 3 rings (SSSR count). The summed E-state index contributed by atoms with van der Waals surface area (Å²) in [4.78, 5) is 23.2. The molecule has 0 bridgehead atoms. The predicted octanol–water partition coefficient (Wildman–Crippen LogP) is 1.91. The van der Waals surface area contributed by atoms with Crippen molar-refractivity contribution in [3.8, 4) is 0 Å². The number of nitrogens with one attached hydrogen (secondary N) is 1. The number of hydrogen-bond donors (Lipinski definition) is 1. The molecule has 0 fully saturated rings. The van der Waals surface area contributed by atoms with E-state index >= 15 is 0 Å². The largest absolute Gasteiger partial charge is 0.310 e. The number of pyridine rings is 1. The SMILES string of the molecule is O=c1[nH]c(Cc2cccnc2)nc2ccccc12. The van der Waals surface area contributed by atoms with Gasteiger partial charge in [-0.15, -0.1) is 0 Å². The number of aromatic nitrogens is 3. The van der Waals surface area contributed by atoms with Gasteiger partial charge in [0.05, 0.1) is 10.9 Å². The zero-order valence-electron chi connectivity index (χ0n) is 9.63. The van der Waals surface area contributed by atoms with Gasteiger partial charge in [0.15, 0.2) is 0 Å². The van der Waals surface area contributed by atoms with Gasteiger partial charge in [0.1, 0.15) is 5.82 Å². The summed E-state index contributed by atoms with van der Waals surface area (Å²) in [5, 5.41) is 0.618. The van der Waals surface area contributed by atoms with Crippen LogP contribution in [-0.4, -0.2) is 15.0 Å². The lowest BCUT2D eigenvalue weighted by Gasteiger charge is -2.02. The van der Waals surface area contributed by atoms with Crippen molar-refractivity contribution in [2.24, 2.45) is 0 Å². The third-order valence-corrected chi connectivity index (χ3v) is 2.76. The quantitative estimate of drug-likeness (QED) is 0.740. The van der Waals surface area contributed by atoms with Crippen molar-refractivity contribution in [2.45, 2.75) is 6.42 Å². The maximum Gasteiger partial charge on any atom is 0.258 e. The molecule has 0 amide bonds. The highest BCUT2D eigenvalue weighted by atomic mass is 16.1. The lowest BCUT2D eigenvalue weighted by Crippen LogP contribution is -2.12. The van der Waals surface area contributed by atoms with E-state index in [0.29, 0.717) is 17.6 Å². The second kappa shape index (κ2) is 4.41. The number of rotatable bonds is 2. The van der Waals surface area contributed by atoms with Gasteiger partial charge < -0.3 is 4.98 Å². The van der Waals surface area contributed by atoms with Crippen molar-refractivity contribution in [1.29, 1.82) is 0 Å². The van der Waals surface area contributed by atoms with Crippen LogP contribution in [0.25, 0.3) is 10.9 Å². The number of H-pyrrole nitrogens is 1. The van der Waals surface area contributed by atoms with Crippen LogP contribution < -0.4 is 5.56 Å². The second-order valence-electron chi connectivity index (χ2n) is 4.07. The van der Waals surface area contributed by atoms with E-state index < -0.39 is 0 Å². The molecule has 0 unspecified atom stereocenters. The monoisotopic (exact) mass is 237 g/mol. The Kier molecular flexibility index (Phi) is 2.61. The van der Waals surface area contributed by atoms with Crippen molar-refractivity contribution in [3.63, 3.8) is 0 Å². The van der Waals surface area contributed by atoms with Gasteiger partial charge >= 0.3 is 0 Å². The summed E-state index contributed by atoms with van der Waals surface area (Å²) in [5.41, 5.74) is 1.65. The van der Waals surface area contributed by atoms with E-state index in [4.69, 9.17) is 0 Å². The van der Waals surface area contributed by atoms with Gasteiger partial charge in [-0.1, -0.05) is 18.2 Å². The predicted molar refractivity (Wildman–Crippen MR) is 69.4 cm³/mol. The van der Waals surface area contributed by atoms with Crippen LogP contribution in [0.2, 0.25) is 0 Å². The maximum absolute atomic E-state index is 11.9. The fourth-order valence-corrected chi connectivity index (χ4v) is 1.91. The van der Waals surface area contributed by atoms with Crippen molar-refractivity contribution >= 4 is 10.9 Å². The Morgan fingerprint density at radius 1 is 1.11 bits per heavy atom. The molecule has 0 spiro atoms. The average molecular weight is 237 g/mol. The summed E-state index contributed by atoms with van der Waals surface area (Å²) in [6.45, 7) is 0. The summed E-state index contributed by atoms with van der Waals surface area (Å²) in [5.74, 6) is 0.659. The minimum absolute atomic E-state index is 0.0977. The molecule has 0 radical (unpaired) electrons. The highest BCUT2D eigenvalue weighted by molar-refractivity contribution is 5.77. The van der Waals surface area contributed by atoms with Gasteiger partial charge in [0.2, 0.25) is 0 Å². The molecule has 4 heteroatoms. The van der Waals surface area contributed by atoms with Gasteiger partial charge in [0.25, 0.3) is 5.56 Å². The molecule has 4 nitrogen and oxygen atoms in total. The van der Waals surface area contributed by atoms with Crippen LogP contribution in [0.15, 0.2) is 53.6 Å². The van der Waals surface area contributed by atoms with Gasteiger partial charge in [-0.05, 0) is 23.8 Å². The highest BCUT2D eigenvalue weighted by Gasteiger charge is 2.03. The summed E-state index contributed by atoms with van der Waals surface area (Å²) < 4.78 is 0. The Bertz CT molecular complexity index is 735. The molecule has 1 aromatic carbocycles. The Morgan fingerprint density at radius 3 is 2.83 bits per heavy atom. The molecule has 0 aliphatic rings. The average Bonchev–Trinajstić information content (AvgIpc) is 2.40. The fraction of sp³-hybridized carbons (Fsp3) is 0.0714.